The van der Waals surface area contributed by atoms with Crippen LogP contribution in [0.15, 0.2) is 12.1 Å². The molecule has 0 aromatic heterocycles. The Morgan fingerprint density at radius 1 is 1.38 bits per heavy atom. The summed E-state index contributed by atoms with van der Waals surface area (Å²) in [6.07, 6.45) is 0. The van der Waals surface area contributed by atoms with Crippen LogP contribution >= 0.6 is 0 Å². The molecule has 0 spiro atoms. The number of rotatable bonds is 4. The van der Waals surface area contributed by atoms with Gasteiger partial charge in [-0.15, -0.1) is 0 Å². The molecule has 0 saturated carbocycles. The van der Waals surface area contributed by atoms with Gasteiger partial charge in [0.15, 0.2) is 6.61 Å². The number of carbonyl (C=O) groups excluding carboxylic acids is 1. The molecule has 88 valence electrons. The zero-order valence-electron chi connectivity index (χ0n) is 9.83. The lowest BCUT2D eigenvalue weighted by atomic mass is 10.1. The second-order valence-electron chi connectivity index (χ2n) is 3.68. The second kappa shape index (κ2) is 5.51. The van der Waals surface area contributed by atoms with Crippen molar-refractivity contribution in [1.29, 1.82) is 0 Å². The number of nitrogens with one attached hydrogen (secondary N) is 1. The number of likely N-dealkylation sites (N-methyl/N-ethyl adjacent to an activating group) is 1. The molecule has 0 atom stereocenters. The highest BCUT2D eigenvalue weighted by Gasteiger charge is 2.07. The van der Waals surface area contributed by atoms with Crippen LogP contribution in [0.2, 0.25) is 0 Å². The number of aryl methyl sites for hydroxylation is 2. The van der Waals surface area contributed by atoms with E-state index >= 15 is 0 Å². The molecule has 4 heteroatoms. The first kappa shape index (κ1) is 12.5. The van der Waals surface area contributed by atoms with Crippen LogP contribution in [-0.2, 0) is 11.4 Å². The van der Waals surface area contributed by atoms with Gasteiger partial charge in [0.2, 0.25) is 0 Å². The summed E-state index contributed by atoms with van der Waals surface area (Å²) >= 11 is 0. The van der Waals surface area contributed by atoms with Gasteiger partial charge in [-0.05, 0) is 30.5 Å². The monoisotopic (exact) mass is 223 g/mol. The number of amides is 1. The fourth-order valence-corrected chi connectivity index (χ4v) is 1.57. The van der Waals surface area contributed by atoms with Crippen molar-refractivity contribution in [3.63, 3.8) is 0 Å². The zero-order valence-corrected chi connectivity index (χ0v) is 9.83. The molecular weight excluding hydrogens is 206 g/mol. The van der Waals surface area contributed by atoms with Crippen LogP contribution in [0.1, 0.15) is 16.7 Å². The maximum absolute atomic E-state index is 11.1. The molecule has 0 saturated heterocycles. The number of hydrogen-bond acceptors (Lipinski definition) is 3. The maximum Gasteiger partial charge on any atom is 0.257 e. The van der Waals surface area contributed by atoms with Crippen molar-refractivity contribution in [2.75, 3.05) is 13.7 Å². The Morgan fingerprint density at radius 2 is 1.94 bits per heavy atom. The SMILES string of the molecule is CNC(=O)COc1c(C)cc(CO)cc1C. The lowest BCUT2D eigenvalue weighted by Crippen LogP contribution is -2.25. The van der Waals surface area contributed by atoms with E-state index in [0.29, 0.717) is 5.75 Å². The van der Waals surface area contributed by atoms with Crippen molar-refractivity contribution in [2.45, 2.75) is 20.5 Å². The van der Waals surface area contributed by atoms with E-state index in [1.165, 1.54) is 0 Å². The lowest BCUT2D eigenvalue weighted by molar-refractivity contribution is -0.122. The maximum atomic E-state index is 11.1. The minimum absolute atomic E-state index is 0.0106. The van der Waals surface area contributed by atoms with Crippen molar-refractivity contribution in [3.8, 4) is 5.75 Å². The molecule has 1 aromatic rings. The van der Waals surface area contributed by atoms with E-state index in [1.807, 2.05) is 26.0 Å². The Balaban J connectivity index is 2.84. The summed E-state index contributed by atoms with van der Waals surface area (Å²) in [6.45, 7) is 3.81. The van der Waals surface area contributed by atoms with Gasteiger partial charge in [0, 0.05) is 7.05 Å². The first-order chi connectivity index (χ1) is 7.58. The molecule has 1 rings (SSSR count). The van der Waals surface area contributed by atoms with E-state index in [9.17, 15) is 4.79 Å². The van der Waals surface area contributed by atoms with Crippen molar-refractivity contribution < 1.29 is 14.6 Å². The standard InChI is InChI=1S/C12H17NO3/c1-8-4-10(6-14)5-9(2)12(8)16-7-11(15)13-3/h4-5,14H,6-7H2,1-3H3,(H,13,15). The van der Waals surface area contributed by atoms with Crippen molar-refractivity contribution >= 4 is 5.91 Å². The van der Waals surface area contributed by atoms with E-state index in [-0.39, 0.29) is 19.1 Å². The average molecular weight is 223 g/mol. The number of aliphatic hydroxyl groups excluding tert-OH is 1. The van der Waals surface area contributed by atoms with Crippen LogP contribution in [0, 0.1) is 13.8 Å². The van der Waals surface area contributed by atoms with Crippen LogP contribution in [-0.4, -0.2) is 24.7 Å². The topological polar surface area (TPSA) is 58.6 Å². The first-order valence-electron chi connectivity index (χ1n) is 5.12. The molecule has 16 heavy (non-hydrogen) atoms. The van der Waals surface area contributed by atoms with Crippen LogP contribution in [0.25, 0.3) is 0 Å². The summed E-state index contributed by atoms with van der Waals surface area (Å²) in [5.74, 6) is 0.547. The smallest absolute Gasteiger partial charge is 0.257 e. The number of hydrogen-bond donors (Lipinski definition) is 2. The summed E-state index contributed by atoms with van der Waals surface area (Å²) in [4.78, 5) is 11.1. The second-order valence-corrected chi connectivity index (χ2v) is 3.68. The van der Waals surface area contributed by atoms with Gasteiger partial charge in [-0.2, -0.15) is 0 Å². The van der Waals surface area contributed by atoms with Gasteiger partial charge in [-0.3, -0.25) is 4.79 Å². The number of ether oxygens (including phenoxy) is 1. The number of aliphatic hydroxyl groups is 1. The minimum Gasteiger partial charge on any atom is -0.483 e. The summed E-state index contributed by atoms with van der Waals surface area (Å²) < 4.78 is 5.43. The Hall–Kier alpha value is -1.55. The Morgan fingerprint density at radius 3 is 2.38 bits per heavy atom. The van der Waals surface area contributed by atoms with Crippen LogP contribution in [0.4, 0.5) is 0 Å². The third-order valence-electron chi connectivity index (χ3n) is 2.33. The van der Waals surface area contributed by atoms with Gasteiger partial charge < -0.3 is 15.2 Å². The highest BCUT2D eigenvalue weighted by molar-refractivity contribution is 5.77. The van der Waals surface area contributed by atoms with Crippen LogP contribution in [0.3, 0.4) is 0 Å². The average Bonchev–Trinajstić information content (AvgIpc) is 2.27. The normalized spacial score (nSPS) is 10.0. The molecule has 0 aliphatic carbocycles. The van der Waals surface area contributed by atoms with Gasteiger partial charge in [0.25, 0.3) is 5.91 Å². The van der Waals surface area contributed by atoms with Gasteiger partial charge in [-0.25, -0.2) is 0 Å². The quantitative estimate of drug-likeness (QED) is 0.798. The zero-order chi connectivity index (χ0) is 12.1. The van der Waals surface area contributed by atoms with Crippen molar-refractivity contribution in [2.24, 2.45) is 0 Å². The molecule has 1 aromatic carbocycles. The van der Waals surface area contributed by atoms with E-state index < -0.39 is 0 Å². The molecule has 0 unspecified atom stereocenters. The third kappa shape index (κ3) is 2.97. The van der Waals surface area contributed by atoms with Gasteiger partial charge in [-0.1, -0.05) is 12.1 Å². The summed E-state index contributed by atoms with van der Waals surface area (Å²) in [5, 5.41) is 11.5. The summed E-state index contributed by atoms with van der Waals surface area (Å²) in [6, 6.07) is 3.71. The molecule has 4 nitrogen and oxygen atoms in total. The molecule has 0 fully saturated rings. The van der Waals surface area contributed by atoms with E-state index in [0.717, 1.165) is 16.7 Å². The molecular formula is C12H17NO3. The summed E-state index contributed by atoms with van der Waals surface area (Å²) in [5.41, 5.74) is 2.70. The fourth-order valence-electron chi connectivity index (χ4n) is 1.57. The first-order valence-corrected chi connectivity index (χ1v) is 5.12. The minimum atomic E-state index is -0.162. The third-order valence-corrected chi connectivity index (χ3v) is 2.33. The lowest BCUT2D eigenvalue weighted by Gasteiger charge is -2.12. The Kier molecular flexibility index (Phi) is 4.31. The predicted octanol–water partition coefficient (Wildman–Crippen LogP) is 0.921. The van der Waals surface area contributed by atoms with E-state index in [4.69, 9.17) is 9.84 Å². The molecule has 0 aliphatic rings. The largest absolute Gasteiger partial charge is 0.483 e. The number of benzene rings is 1. The van der Waals surface area contributed by atoms with Crippen LogP contribution < -0.4 is 10.1 Å². The molecule has 0 heterocycles. The number of carbonyl (C=O) groups is 1. The van der Waals surface area contributed by atoms with Crippen molar-refractivity contribution in [1.82, 2.24) is 5.32 Å². The van der Waals surface area contributed by atoms with Crippen LogP contribution in [0.5, 0.6) is 5.75 Å². The predicted molar refractivity (Wildman–Crippen MR) is 61.4 cm³/mol. The highest BCUT2D eigenvalue weighted by atomic mass is 16.5. The Labute approximate surface area is 95.2 Å². The summed E-state index contributed by atoms with van der Waals surface area (Å²) in [7, 11) is 1.57. The van der Waals surface area contributed by atoms with E-state index in [2.05, 4.69) is 5.32 Å². The molecule has 0 bridgehead atoms. The Bertz CT molecular complexity index is 365. The van der Waals surface area contributed by atoms with E-state index in [1.54, 1.807) is 7.05 Å². The van der Waals surface area contributed by atoms with Gasteiger partial charge >= 0.3 is 0 Å². The molecule has 1 amide bonds. The highest BCUT2D eigenvalue weighted by Crippen LogP contribution is 2.24. The fraction of sp³-hybridized carbons (Fsp3) is 0.417. The van der Waals surface area contributed by atoms with Gasteiger partial charge in [0.1, 0.15) is 5.75 Å². The molecule has 0 radical (unpaired) electrons. The van der Waals surface area contributed by atoms with Gasteiger partial charge in [0.05, 0.1) is 6.61 Å². The molecule has 0 aliphatic heterocycles. The van der Waals surface area contributed by atoms with Crippen molar-refractivity contribution in [3.05, 3.63) is 28.8 Å². The molecule has 2 N–H and O–H groups in total.